The molecule has 2 rings (SSSR count). The number of amides is 1. The van der Waals surface area contributed by atoms with E-state index in [1.807, 2.05) is 0 Å². The summed E-state index contributed by atoms with van der Waals surface area (Å²) in [6.07, 6.45) is 1.34. The molecule has 7 heteroatoms. The third-order valence-electron chi connectivity index (χ3n) is 2.22. The van der Waals surface area contributed by atoms with Gasteiger partial charge in [0.05, 0.1) is 22.8 Å². The Balaban J connectivity index is 2.05. The Morgan fingerprint density at radius 2 is 2.33 bits per heavy atom. The Labute approximate surface area is 108 Å². The summed E-state index contributed by atoms with van der Waals surface area (Å²) in [4.78, 5) is 15.6. The summed E-state index contributed by atoms with van der Waals surface area (Å²) in [5.41, 5.74) is 6.53. The lowest BCUT2D eigenvalue weighted by Crippen LogP contribution is -2.23. The van der Waals surface area contributed by atoms with Crippen LogP contribution in [0.1, 0.15) is 21.8 Å². The molecule has 2 heterocycles. The van der Waals surface area contributed by atoms with Gasteiger partial charge < -0.3 is 15.6 Å². The monoisotopic (exact) mass is 266 g/mol. The number of hydrogen-bond acceptors (Lipinski definition) is 5. The highest BCUT2D eigenvalue weighted by atomic mass is 35.5. The van der Waals surface area contributed by atoms with Crippen molar-refractivity contribution >= 4 is 23.3 Å². The van der Waals surface area contributed by atoms with Crippen LogP contribution in [0.2, 0.25) is 5.02 Å². The van der Waals surface area contributed by atoms with Crippen LogP contribution in [-0.2, 0) is 6.54 Å². The van der Waals surface area contributed by atoms with E-state index in [2.05, 4.69) is 15.5 Å². The van der Waals surface area contributed by atoms with Crippen molar-refractivity contribution in [1.29, 1.82) is 0 Å². The van der Waals surface area contributed by atoms with E-state index < -0.39 is 0 Å². The molecular formula is C11H11ClN4O2. The van der Waals surface area contributed by atoms with Gasteiger partial charge in [0.1, 0.15) is 5.82 Å². The van der Waals surface area contributed by atoms with E-state index in [1.165, 1.54) is 12.3 Å². The van der Waals surface area contributed by atoms with Crippen molar-refractivity contribution in [2.45, 2.75) is 13.5 Å². The second-order valence-corrected chi connectivity index (χ2v) is 4.11. The van der Waals surface area contributed by atoms with Crippen LogP contribution in [0.15, 0.2) is 22.9 Å². The minimum absolute atomic E-state index is 0.234. The van der Waals surface area contributed by atoms with Gasteiger partial charge in [0.2, 0.25) is 0 Å². The van der Waals surface area contributed by atoms with Crippen molar-refractivity contribution in [3.8, 4) is 0 Å². The fraction of sp³-hybridized carbons (Fsp3) is 0.182. The lowest BCUT2D eigenvalue weighted by atomic mass is 10.2. The first-order valence-electron chi connectivity index (χ1n) is 5.17. The van der Waals surface area contributed by atoms with Crippen LogP contribution in [0.4, 0.5) is 5.82 Å². The number of nitrogen functional groups attached to an aromatic ring is 1. The molecule has 0 atom stereocenters. The van der Waals surface area contributed by atoms with Crippen LogP contribution in [0.3, 0.4) is 0 Å². The highest BCUT2D eigenvalue weighted by Crippen LogP contribution is 2.16. The predicted octanol–water partition coefficient (Wildman–Crippen LogP) is 1.54. The van der Waals surface area contributed by atoms with Crippen molar-refractivity contribution in [1.82, 2.24) is 15.5 Å². The summed E-state index contributed by atoms with van der Waals surface area (Å²) >= 11 is 5.86. The van der Waals surface area contributed by atoms with Gasteiger partial charge in [0, 0.05) is 12.3 Å². The van der Waals surface area contributed by atoms with Crippen molar-refractivity contribution in [2.24, 2.45) is 0 Å². The van der Waals surface area contributed by atoms with E-state index in [9.17, 15) is 4.79 Å². The third-order valence-corrected chi connectivity index (χ3v) is 2.52. The van der Waals surface area contributed by atoms with Crippen molar-refractivity contribution in [3.63, 3.8) is 0 Å². The van der Waals surface area contributed by atoms with E-state index in [1.54, 1.807) is 13.0 Å². The summed E-state index contributed by atoms with van der Waals surface area (Å²) in [6.45, 7) is 2.04. The fourth-order valence-electron chi connectivity index (χ4n) is 1.39. The lowest BCUT2D eigenvalue weighted by molar-refractivity contribution is 0.0947. The van der Waals surface area contributed by atoms with Gasteiger partial charge in [-0.1, -0.05) is 16.8 Å². The molecule has 6 nitrogen and oxygen atoms in total. The molecule has 0 saturated carbocycles. The van der Waals surface area contributed by atoms with Gasteiger partial charge in [-0.2, -0.15) is 0 Å². The van der Waals surface area contributed by atoms with Crippen molar-refractivity contribution in [3.05, 3.63) is 40.4 Å². The number of halogens is 1. The van der Waals surface area contributed by atoms with Crippen LogP contribution in [-0.4, -0.2) is 16.0 Å². The van der Waals surface area contributed by atoms with Crippen LogP contribution in [0, 0.1) is 6.92 Å². The van der Waals surface area contributed by atoms with Crippen LogP contribution >= 0.6 is 11.6 Å². The molecule has 94 valence electrons. The Kier molecular flexibility index (Phi) is 3.47. The molecule has 0 saturated heterocycles. The van der Waals surface area contributed by atoms with Gasteiger partial charge in [0.25, 0.3) is 5.91 Å². The molecule has 0 bridgehead atoms. The average Bonchev–Trinajstić information content (AvgIpc) is 2.75. The first-order chi connectivity index (χ1) is 8.56. The van der Waals surface area contributed by atoms with Crippen LogP contribution in [0.25, 0.3) is 0 Å². The SMILES string of the molecule is Cc1cc(CNC(=O)c2cc(N)ncc2Cl)on1. The molecule has 0 aliphatic rings. The van der Waals surface area contributed by atoms with Gasteiger partial charge in [-0.05, 0) is 13.0 Å². The lowest BCUT2D eigenvalue weighted by Gasteiger charge is -2.05. The Hall–Kier alpha value is -2.08. The zero-order valence-electron chi connectivity index (χ0n) is 9.61. The van der Waals surface area contributed by atoms with Gasteiger partial charge >= 0.3 is 0 Å². The number of nitrogens with one attached hydrogen (secondary N) is 1. The molecule has 0 spiro atoms. The summed E-state index contributed by atoms with van der Waals surface area (Å²) in [7, 11) is 0. The molecule has 18 heavy (non-hydrogen) atoms. The average molecular weight is 267 g/mol. The maximum Gasteiger partial charge on any atom is 0.253 e. The zero-order chi connectivity index (χ0) is 13.1. The molecule has 0 fully saturated rings. The second kappa shape index (κ2) is 5.05. The minimum Gasteiger partial charge on any atom is -0.384 e. The smallest absolute Gasteiger partial charge is 0.253 e. The summed E-state index contributed by atoms with van der Waals surface area (Å²) < 4.78 is 4.97. The van der Waals surface area contributed by atoms with Gasteiger partial charge in [0.15, 0.2) is 5.76 Å². The molecule has 3 N–H and O–H groups in total. The minimum atomic E-state index is -0.344. The topological polar surface area (TPSA) is 94.0 Å². The Bertz CT molecular complexity index is 582. The molecule has 0 aliphatic carbocycles. The van der Waals surface area contributed by atoms with E-state index in [4.69, 9.17) is 21.9 Å². The quantitative estimate of drug-likeness (QED) is 0.879. The standard InChI is InChI=1S/C11H11ClN4O2/c1-6-2-7(18-16-6)4-15-11(17)8-3-10(13)14-5-9(8)12/h2-3,5H,4H2,1H3,(H2,13,14)(H,15,17). The van der Waals surface area contributed by atoms with Gasteiger partial charge in [-0.15, -0.1) is 0 Å². The normalized spacial score (nSPS) is 10.3. The molecule has 0 unspecified atom stereocenters. The first-order valence-corrected chi connectivity index (χ1v) is 5.55. The number of pyridine rings is 1. The van der Waals surface area contributed by atoms with Crippen molar-refractivity contribution < 1.29 is 9.32 Å². The number of aryl methyl sites for hydroxylation is 1. The zero-order valence-corrected chi connectivity index (χ0v) is 10.4. The molecule has 0 radical (unpaired) electrons. The second-order valence-electron chi connectivity index (χ2n) is 3.71. The van der Waals surface area contributed by atoms with E-state index in [-0.39, 0.29) is 28.9 Å². The van der Waals surface area contributed by atoms with Crippen molar-refractivity contribution in [2.75, 3.05) is 5.73 Å². The van der Waals surface area contributed by atoms with Gasteiger partial charge in [-0.25, -0.2) is 4.98 Å². The molecule has 2 aromatic rings. The largest absolute Gasteiger partial charge is 0.384 e. The fourth-order valence-corrected chi connectivity index (χ4v) is 1.58. The maximum atomic E-state index is 11.9. The van der Waals surface area contributed by atoms with Gasteiger partial charge in [-0.3, -0.25) is 4.79 Å². The number of aromatic nitrogens is 2. The number of carbonyl (C=O) groups excluding carboxylic acids is 1. The van der Waals surface area contributed by atoms with E-state index >= 15 is 0 Å². The highest BCUT2D eigenvalue weighted by Gasteiger charge is 2.12. The summed E-state index contributed by atoms with van der Waals surface area (Å²) in [5, 5.41) is 6.62. The predicted molar refractivity (Wildman–Crippen MR) is 66.1 cm³/mol. The Morgan fingerprint density at radius 3 is 3.00 bits per heavy atom. The Morgan fingerprint density at radius 1 is 1.56 bits per heavy atom. The number of hydrogen-bond donors (Lipinski definition) is 2. The molecule has 2 aromatic heterocycles. The summed E-state index contributed by atoms with van der Waals surface area (Å²) in [6, 6.07) is 3.16. The number of nitrogens with two attached hydrogens (primary N) is 1. The van der Waals surface area contributed by atoms with E-state index in [0.29, 0.717) is 5.76 Å². The summed E-state index contributed by atoms with van der Waals surface area (Å²) in [5.74, 6) is 0.460. The first kappa shape index (κ1) is 12.4. The molecule has 0 aliphatic heterocycles. The van der Waals surface area contributed by atoms with E-state index in [0.717, 1.165) is 5.69 Å². The number of nitrogens with zero attached hydrogens (tertiary/aromatic N) is 2. The number of rotatable bonds is 3. The molecule has 0 aromatic carbocycles. The third kappa shape index (κ3) is 2.78. The number of anilines is 1. The van der Waals surface area contributed by atoms with Crippen LogP contribution < -0.4 is 11.1 Å². The molecular weight excluding hydrogens is 256 g/mol. The molecule has 1 amide bonds. The van der Waals surface area contributed by atoms with Crippen LogP contribution in [0.5, 0.6) is 0 Å². The highest BCUT2D eigenvalue weighted by molar-refractivity contribution is 6.33. The maximum absolute atomic E-state index is 11.9. The number of carbonyl (C=O) groups is 1.